The molecule has 0 atom stereocenters. The predicted octanol–water partition coefficient (Wildman–Crippen LogP) is -0.640. The van der Waals surface area contributed by atoms with E-state index in [0.717, 1.165) is 0 Å². The van der Waals surface area contributed by atoms with Crippen LogP contribution in [-0.2, 0) is 38.1 Å². The first-order valence-corrected chi connectivity index (χ1v) is 5.10. The van der Waals surface area contributed by atoms with Crippen LogP contribution in [0.15, 0.2) is 0 Å². The summed E-state index contributed by atoms with van der Waals surface area (Å²) in [6, 6.07) is 0. The molecule has 0 unspecified atom stereocenters. The molecule has 0 aromatic rings. The summed E-state index contributed by atoms with van der Waals surface area (Å²) in [4.78, 5) is 45.1. The molecule has 1 heterocycles. The van der Waals surface area contributed by atoms with E-state index in [1.165, 1.54) is 13.8 Å². The van der Waals surface area contributed by atoms with Gasteiger partial charge in [-0.3, -0.25) is 19.2 Å². The van der Waals surface area contributed by atoms with Gasteiger partial charge in [0.15, 0.2) is 11.8 Å². The van der Waals surface area contributed by atoms with Gasteiger partial charge in [0.05, 0.1) is 0 Å². The average Bonchev–Trinajstić information content (AvgIpc) is 2.35. The van der Waals surface area contributed by atoms with Gasteiger partial charge in [0.2, 0.25) is 13.6 Å². The standard InChI is InChI=1S/C10H12O8/c1-5-7(11)15-3-17-9(13)6(2)10(14)18-4-16-8(5)12/h5-6H,3-4H2,1-2H3. The molecular formula is C10H12O8. The predicted molar refractivity (Wildman–Crippen MR) is 52.4 cm³/mol. The molecule has 1 aliphatic heterocycles. The number of esters is 4. The molecule has 8 nitrogen and oxygen atoms in total. The monoisotopic (exact) mass is 260 g/mol. The van der Waals surface area contributed by atoms with Gasteiger partial charge in [0, 0.05) is 0 Å². The van der Waals surface area contributed by atoms with Crippen LogP contribution in [0.1, 0.15) is 13.8 Å². The molecule has 1 rings (SSSR count). The van der Waals surface area contributed by atoms with Gasteiger partial charge in [-0.05, 0) is 13.8 Å². The minimum Gasteiger partial charge on any atom is -0.427 e. The molecule has 18 heavy (non-hydrogen) atoms. The molecule has 1 aliphatic rings. The summed E-state index contributed by atoms with van der Waals surface area (Å²) in [6.45, 7) is 1.16. The Labute approximate surface area is 102 Å². The number of rotatable bonds is 0. The summed E-state index contributed by atoms with van der Waals surface area (Å²) in [7, 11) is 0. The fourth-order valence-corrected chi connectivity index (χ4v) is 0.984. The number of ether oxygens (including phenoxy) is 4. The molecule has 0 aromatic heterocycles. The van der Waals surface area contributed by atoms with E-state index in [2.05, 4.69) is 18.9 Å². The lowest BCUT2D eigenvalue weighted by Crippen LogP contribution is -2.32. The Bertz CT molecular complexity index is 306. The minimum atomic E-state index is -1.20. The Kier molecular flexibility index (Phi) is 4.64. The Morgan fingerprint density at radius 3 is 1.11 bits per heavy atom. The molecular weight excluding hydrogens is 248 g/mol. The largest absolute Gasteiger partial charge is 0.427 e. The SMILES string of the molecule is CC1C(=O)OCOC(=O)C(C)C(=O)OCOC1=O. The van der Waals surface area contributed by atoms with Crippen LogP contribution in [0.4, 0.5) is 0 Å². The molecule has 100 valence electrons. The highest BCUT2D eigenvalue weighted by Gasteiger charge is 2.29. The highest BCUT2D eigenvalue weighted by molar-refractivity contribution is 5.96. The van der Waals surface area contributed by atoms with Crippen LogP contribution in [0.2, 0.25) is 0 Å². The van der Waals surface area contributed by atoms with E-state index >= 15 is 0 Å². The van der Waals surface area contributed by atoms with Gasteiger partial charge in [-0.25, -0.2) is 0 Å². The van der Waals surface area contributed by atoms with Gasteiger partial charge in [-0.15, -0.1) is 0 Å². The zero-order valence-corrected chi connectivity index (χ0v) is 9.83. The van der Waals surface area contributed by atoms with Crippen LogP contribution in [0.25, 0.3) is 0 Å². The van der Waals surface area contributed by atoms with Gasteiger partial charge in [0.25, 0.3) is 0 Å². The van der Waals surface area contributed by atoms with E-state index in [1.807, 2.05) is 0 Å². The van der Waals surface area contributed by atoms with Gasteiger partial charge in [-0.1, -0.05) is 0 Å². The summed E-state index contributed by atoms with van der Waals surface area (Å²) in [5, 5.41) is 0. The molecule has 0 radical (unpaired) electrons. The third-order valence-electron chi connectivity index (χ3n) is 2.22. The molecule has 0 aromatic carbocycles. The molecule has 0 amide bonds. The average molecular weight is 260 g/mol. The van der Waals surface area contributed by atoms with E-state index in [1.54, 1.807) is 0 Å². The van der Waals surface area contributed by atoms with Crippen molar-refractivity contribution in [2.24, 2.45) is 11.8 Å². The molecule has 0 saturated carbocycles. The van der Waals surface area contributed by atoms with Gasteiger partial charge in [0.1, 0.15) is 0 Å². The first-order valence-electron chi connectivity index (χ1n) is 5.10. The fraction of sp³-hybridized carbons (Fsp3) is 0.600. The van der Waals surface area contributed by atoms with Crippen molar-refractivity contribution in [1.82, 2.24) is 0 Å². The summed E-state index contributed by atoms with van der Waals surface area (Å²) in [5.74, 6) is -5.97. The zero-order valence-electron chi connectivity index (χ0n) is 9.83. The van der Waals surface area contributed by atoms with Gasteiger partial charge >= 0.3 is 23.9 Å². The van der Waals surface area contributed by atoms with E-state index in [0.29, 0.717) is 0 Å². The number of carbonyl (C=O) groups is 4. The van der Waals surface area contributed by atoms with Gasteiger partial charge < -0.3 is 18.9 Å². The Hall–Kier alpha value is -2.12. The third-order valence-corrected chi connectivity index (χ3v) is 2.22. The van der Waals surface area contributed by atoms with Crippen molar-refractivity contribution in [3.05, 3.63) is 0 Å². The summed E-state index contributed by atoms with van der Waals surface area (Å²) < 4.78 is 18.1. The Morgan fingerprint density at radius 2 is 0.889 bits per heavy atom. The van der Waals surface area contributed by atoms with Crippen molar-refractivity contribution in [2.75, 3.05) is 13.6 Å². The van der Waals surface area contributed by atoms with Crippen molar-refractivity contribution < 1.29 is 38.1 Å². The smallest absolute Gasteiger partial charge is 0.322 e. The second-order valence-electron chi connectivity index (χ2n) is 3.53. The van der Waals surface area contributed by atoms with E-state index in [-0.39, 0.29) is 0 Å². The molecule has 1 saturated heterocycles. The van der Waals surface area contributed by atoms with Crippen molar-refractivity contribution in [3.63, 3.8) is 0 Å². The lowest BCUT2D eigenvalue weighted by atomic mass is 10.2. The lowest BCUT2D eigenvalue weighted by molar-refractivity contribution is -0.187. The summed E-state index contributed by atoms with van der Waals surface area (Å²) >= 11 is 0. The van der Waals surface area contributed by atoms with Crippen molar-refractivity contribution in [3.8, 4) is 0 Å². The first-order chi connectivity index (χ1) is 8.43. The van der Waals surface area contributed by atoms with Crippen LogP contribution in [-0.4, -0.2) is 37.5 Å². The molecule has 8 heteroatoms. The normalized spacial score (nSPS) is 27.0. The summed E-state index contributed by atoms with van der Waals surface area (Å²) in [5.41, 5.74) is 0. The minimum absolute atomic E-state index is 0.674. The van der Waals surface area contributed by atoms with Crippen LogP contribution in [0.3, 0.4) is 0 Å². The van der Waals surface area contributed by atoms with Crippen LogP contribution >= 0.6 is 0 Å². The molecule has 0 bridgehead atoms. The number of hydrogen-bond acceptors (Lipinski definition) is 8. The first kappa shape index (κ1) is 13.9. The number of cyclic esters (lactones) is 4. The van der Waals surface area contributed by atoms with E-state index in [9.17, 15) is 19.2 Å². The Balaban J connectivity index is 2.72. The zero-order chi connectivity index (χ0) is 13.7. The lowest BCUT2D eigenvalue weighted by Gasteiger charge is -2.15. The molecule has 0 spiro atoms. The Morgan fingerprint density at radius 1 is 0.667 bits per heavy atom. The quantitative estimate of drug-likeness (QED) is 0.418. The third kappa shape index (κ3) is 3.44. The number of carbonyl (C=O) groups excluding carboxylic acids is 4. The van der Waals surface area contributed by atoms with Crippen molar-refractivity contribution in [2.45, 2.75) is 13.8 Å². The molecule has 1 fully saturated rings. The molecule has 0 N–H and O–H groups in total. The maximum Gasteiger partial charge on any atom is 0.322 e. The van der Waals surface area contributed by atoms with E-state index < -0.39 is 49.3 Å². The highest BCUT2D eigenvalue weighted by Crippen LogP contribution is 2.07. The highest BCUT2D eigenvalue weighted by atomic mass is 16.7. The second kappa shape index (κ2) is 5.99. The van der Waals surface area contributed by atoms with Crippen molar-refractivity contribution >= 4 is 23.9 Å². The van der Waals surface area contributed by atoms with Crippen LogP contribution < -0.4 is 0 Å². The molecule has 0 aliphatic carbocycles. The number of hydrogen-bond donors (Lipinski definition) is 0. The fourth-order valence-electron chi connectivity index (χ4n) is 0.984. The van der Waals surface area contributed by atoms with Crippen LogP contribution in [0, 0.1) is 11.8 Å². The second-order valence-corrected chi connectivity index (χ2v) is 3.53. The van der Waals surface area contributed by atoms with Crippen LogP contribution in [0.5, 0.6) is 0 Å². The topological polar surface area (TPSA) is 105 Å². The maximum atomic E-state index is 11.3. The van der Waals surface area contributed by atoms with Crippen molar-refractivity contribution in [1.29, 1.82) is 0 Å². The van der Waals surface area contributed by atoms with E-state index in [4.69, 9.17) is 0 Å². The maximum absolute atomic E-state index is 11.3. The summed E-state index contributed by atoms with van der Waals surface area (Å²) in [6.07, 6.45) is 0. The van der Waals surface area contributed by atoms with Gasteiger partial charge in [-0.2, -0.15) is 0 Å².